The number of carbonyl (C=O) groups is 1. The Morgan fingerprint density at radius 1 is 1.19 bits per heavy atom. The maximum atomic E-state index is 12.4. The molecule has 3 rings (SSSR count). The van der Waals surface area contributed by atoms with Crippen LogP contribution in [-0.4, -0.2) is 29.7 Å². The monoisotopic (exact) mass is 387 g/mol. The van der Waals surface area contributed by atoms with Gasteiger partial charge in [0.25, 0.3) is 0 Å². The van der Waals surface area contributed by atoms with E-state index in [4.69, 9.17) is 9.47 Å². The van der Waals surface area contributed by atoms with Crippen molar-refractivity contribution < 1.29 is 14.3 Å². The number of nitrogens with zero attached hydrogens (tertiary/aromatic N) is 2. The topological polar surface area (TPSA) is 73.3 Å². The van der Waals surface area contributed by atoms with E-state index in [1.807, 2.05) is 44.2 Å². The first kappa shape index (κ1) is 20.5. The first-order chi connectivity index (χ1) is 12.5. The molecule has 0 saturated carbocycles. The number of hydrogen-bond donors (Lipinski definition) is 1. The number of anilines is 2. The molecule has 0 aliphatic heterocycles. The Bertz CT molecular complexity index is 976. The van der Waals surface area contributed by atoms with Gasteiger partial charge in [0.15, 0.2) is 5.65 Å². The number of hydrogen-bond acceptors (Lipinski definition) is 6. The molecule has 142 valence electrons. The Morgan fingerprint density at radius 3 is 2.63 bits per heavy atom. The standard InChI is InChI=1S/C20H21N3O3.ClH/c1-5-26-20(24)16-11-21-19-15(8-6-13(3)22-19)18(16)23-17-9-7-14(25-4)10-12(17)2;/h6-11H,5H2,1-4H3,(H,21,22,23);1H. The molecule has 0 amide bonds. The van der Waals surface area contributed by atoms with Gasteiger partial charge in [0.2, 0.25) is 0 Å². The van der Waals surface area contributed by atoms with Crippen LogP contribution < -0.4 is 10.1 Å². The smallest absolute Gasteiger partial charge is 0.341 e. The highest BCUT2D eigenvalue weighted by molar-refractivity contribution is 6.05. The molecule has 3 aromatic rings. The Kier molecular flexibility index (Phi) is 6.58. The van der Waals surface area contributed by atoms with Crippen molar-refractivity contribution in [1.29, 1.82) is 0 Å². The van der Waals surface area contributed by atoms with Crippen LogP contribution in [0, 0.1) is 13.8 Å². The fraction of sp³-hybridized carbons (Fsp3) is 0.250. The van der Waals surface area contributed by atoms with Crippen LogP contribution in [0.2, 0.25) is 0 Å². The van der Waals surface area contributed by atoms with E-state index in [0.29, 0.717) is 23.5 Å². The first-order valence-electron chi connectivity index (χ1n) is 8.38. The average Bonchev–Trinajstić information content (AvgIpc) is 2.63. The highest BCUT2D eigenvalue weighted by Crippen LogP contribution is 2.31. The summed E-state index contributed by atoms with van der Waals surface area (Å²) in [5, 5.41) is 4.12. The van der Waals surface area contributed by atoms with Crippen LogP contribution >= 0.6 is 12.4 Å². The number of aromatic nitrogens is 2. The number of benzene rings is 1. The lowest BCUT2D eigenvalue weighted by molar-refractivity contribution is 0.0527. The quantitative estimate of drug-likeness (QED) is 0.645. The predicted octanol–water partition coefficient (Wildman–Crippen LogP) is 4.60. The molecule has 0 bridgehead atoms. The van der Waals surface area contributed by atoms with Gasteiger partial charge in [0.1, 0.15) is 11.3 Å². The fourth-order valence-electron chi connectivity index (χ4n) is 2.71. The molecule has 0 unspecified atom stereocenters. The maximum absolute atomic E-state index is 12.4. The summed E-state index contributed by atoms with van der Waals surface area (Å²) in [5.41, 5.74) is 4.30. The lowest BCUT2D eigenvalue weighted by Crippen LogP contribution is -2.10. The number of nitrogens with one attached hydrogen (secondary N) is 1. The molecule has 0 atom stereocenters. The summed E-state index contributed by atoms with van der Waals surface area (Å²) in [6, 6.07) is 9.51. The van der Waals surface area contributed by atoms with E-state index in [2.05, 4.69) is 15.3 Å². The van der Waals surface area contributed by atoms with Crippen molar-refractivity contribution in [3.8, 4) is 5.75 Å². The number of pyridine rings is 2. The fourth-order valence-corrected chi connectivity index (χ4v) is 2.71. The molecule has 1 aromatic carbocycles. The molecule has 0 spiro atoms. The molecule has 0 saturated heterocycles. The second-order valence-electron chi connectivity index (χ2n) is 5.90. The second kappa shape index (κ2) is 8.68. The van der Waals surface area contributed by atoms with E-state index in [1.165, 1.54) is 6.20 Å². The van der Waals surface area contributed by atoms with E-state index in [0.717, 1.165) is 28.1 Å². The molecule has 27 heavy (non-hydrogen) atoms. The van der Waals surface area contributed by atoms with Crippen molar-refractivity contribution in [3.05, 3.63) is 53.3 Å². The maximum Gasteiger partial charge on any atom is 0.341 e. The molecule has 6 nitrogen and oxygen atoms in total. The van der Waals surface area contributed by atoms with Crippen LogP contribution in [0.15, 0.2) is 36.5 Å². The van der Waals surface area contributed by atoms with Gasteiger partial charge in [-0.3, -0.25) is 0 Å². The second-order valence-corrected chi connectivity index (χ2v) is 5.90. The number of ether oxygens (including phenoxy) is 2. The van der Waals surface area contributed by atoms with Gasteiger partial charge in [0, 0.05) is 23.0 Å². The van der Waals surface area contributed by atoms with Crippen LogP contribution in [-0.2, 0) is 4.74 Å². The van der Waals surface area contributed by atoms with Crippen LogP contribution in [0.5, 0.6) is 5.75 Å². The van der Waals surface area contributed by atoms with Crippen molar-refractivity contribution in [2.24, 2.45) is 0 Å². The largest absolute Gasteiger partial charge is 0.497 e. The van der Waals surface area contributed by atoms with Gasteiger partial charge >= 0.3 is 5.97 Å². The Hall–Kier alpha value is -2.86. The zero-order chi connectivity index (χ0) is 18.7. The zero-order valence-electron chi connectivity index (χ0n) is 15.7. The van der Waals surface area contributed by atoms with Crippen molar-refractivity contribution in [3.63, 3.8) is 0 Å². The van der Waals surface area contributed by atoms with E-state index in [9.17, 15) is 4.79 Å². The zero-order valence-corrected chi connectivity index (χ0v) is 16.5. The summed E-state index contributed by atoms with van der Waals surface area (Å²) >= 11 is 0. The third-order valence-electron chi connectivity index (χ3n) is 4.06. The minimum atomic E-state index is -0.420. The minimum Gasteiger partial charge on any atom is -0.497 e. The van der Waals surface area contributed by atoms with Crippen LogP contribution in [0.1, 0.15) is 28.5 Å². The number of halogens is 1. The molecule has 0 fully saturated rings. The van der Waals surface area contributed by atoms with E-state index < -0.39 is 5.97 Å². The molecule has 0 aliphatic carbocycles. The van der Waals surface area contributed by atoms with Gasteiger partial charge in [-0.25, -0.2) is 14.8 Å². The highest BCUT2D eigenvalue weighted by Gasteiger charge is 2.18. The van der Waals surface area contributed by atoms with Gasteiger partial charge in [0.05, 0.1) is 19.4 Å². The summed E-state index contributed by atoms with van der Waals surface area (Å²) in [4.78, 5) is 21.2. The van der Waals surface area contributed by atoms with E-state index >= 15 is 0 Å². The van der Waals surface area contributed by atoms with Gasteiger partial charge in [-0.2, -0.15) is 0 Å². The Balaban J connectivity index is 0.00000261. The summed E-state index contributed by atoms with van der Waals surface area (Å²) in [6.45, 7) is 5.95. The summed E-state index contributed by atoms with van der Waals surface area (Å²) in [7, 11) is 1.63. The van der Waals surface area contributed by atoms with Crippen LogP contribution in [0.25, 0.3) is 11.0 Å². The lowest BCUT2D eigenvalue weighted by atomic mass is 10.1. The summed E-state index contributed by atoms with van der Waals surface area (Å²) in [6.07, 6.45) is 1.51. The van der Waals surface area contributed by atoms with Crippen molar-refractivity contribution in [2.75, 3.05) is 19.0 Å². The average molecular weight is 388 g/mol. The molecule has 1 N–H and O–H groups in total. The lowest BCUT2D eigenvalue weighted by Gasteiger charge is -2.16. The Labute approximate surface area is 164 Å². The molecular formula is C20H22ClN3O3. The molecule has 2 heterocycles. The van der Waals surface area contributed by atoms with E-state index in [1.54, 1.807) is 14.0 Å². The molecule has 0 radical (unpaired) electrons. The van der Waals surface area contributed by atoms with Crippen molar-refractivity contribution >= 4 is 40.8 Å². The number of rotatable bonds is 5. The number of methoxy groups -OCH3 is 1. The van der Waals surface area contributed by atoms with Crippen LogP contribution in [0.3, 0.4) is 0 Å². The number of carbonyl (C=O) groups excluding carboxylic acids is 1. The number of aryl methyl sites for hydroxylation is 2. The summed E-state index contributed by atoms with van der Waals surface area (Å²) < 4.78 is 10.4. The van der Waals surface area contributed by atoms with Gasteiger partial charge in [-0.1, -0.05) is 0 Å². The molecular weight excluding hydrogens is 366 g/mol. The molecule has 2 aromatic heterocycles. The third-order valence-corrected chi connectivity index (χ3v) is 4.06. The minimum absolute atomic E-state index is 0. The number of esters is 1. The number of fused-ring (bicyclic) bond motifs is 1. The van der Waals surface area contributed by atoms with E-state index in [-0.39, 0.29) is 12.4 Å². The SMILES string of the molecule is CCOC(=O)c1cnc2nc(C)ccc2c1Nc1ccc(OC)cc1C.Cl. The molecule has 0 aliphatic rings. The van der Waals surface area contributed by atoms with Gasteiger partial charge < -0.3 is 14.8 Å². The van der Waals surface area contributed by atoms with Crippen molar-refractivity contribution in [1.82, 2.24) is 9.97 Å². The third kappa shape index (κ3) is 4.28. The van der Waals surface area contributed by atoms with Crippen LogP contribution in [0.4, 0.5) is 11.4 Å². The first-order valence-corrected chi connectivity index (χ1v) is 8.38. The molecule has 7 heteroatoms. The highest BCUT2D eigenvalue weighted by atomic mass is 35.5. The van der Waals surface area contributed by atoms with Crippen molar-refractivity contribution in [2.45, 2.75) is 20.8 Å². The summed E-state index contributed by atoms with van der Waals surface area (Å²) in [5.74, 6) is 0.353. The Morgan fingerprint density at radius 2 is 1.96 bits per heavy atom. The predicted molar refractivity (Wildman–Crippen MR) is 108 cm³/mol. The van der Waals surface area contributed by atoms with Gasteiger partial charge in [-0.05, 0) is 56.7 Å². The van der Waals surface area contributed by atoms with Gasteiger partial charge in [-0.15, -0.1) is 12.4 Å². The normalized spacial score (nSPS) is 10.2.